The molecule has 0 spiro atoms. The summed E-state index contributed by atoms with van der Waals surface area (Å²) in [5.74, 6) is 0. The molecule has 0 N–H and O–H groups in total. The molecule has 8 rings (SSSR count). The van der Waals surface area contributed by atoms with E-state index < -0.39 is 0 Å². The Labute approximate surface area is 339 Å². The molecule has 2 aliphatic carbocycles. The fraction of sp³-hybridized carbons (Fsp3) is 0.245. The Morgan fingerprint density at radius 1 is 0.635 bits per heavy atom. The van der Waals surface area contributed by atoms with Crippen LogP contribution in [0.5, 0.6) is 0 Å². The molecule has 0 heterocycles. The average molecular weight is 799 g/mol. The van der Waals surface area contributed by atoms with Gasteiger partial charge in [0.05, 0.1) is 0 Å². The van der Waals surface area contributed by atoms with Gasteiger partial charge in [-0.2, -0.15) is 23.8 Å². The van der Waals surface area contributed by atoms with Gasteiger partial charge in [-0.25, -0.2) is 12.2 Å². The van der Waals surface area contributed by atoms with Crippen molar-refractivity contribution in [1.29, 1.82) is 0 Å². The van der Waals surface area contributed by atoms with Crippen LogP contribution in [-0.2, 0) is 41.5 Å². The summed E-state index contributed by atoms with van der Waals surface area (Å²) >= 11 is 1.44. The number of rotatable bonds is 2. The van der Waals surface area contributed by atoms with E-state index >= 15 is 0 Å². The Bertz CT molecular complexity index is 2110. The molecule has 0 aromatic heterocycles. The van der Waals surface area contributed by atoms with E-state index in [2.05, 4.69) is 177 Å². The third kappa shape index (κ3) is 9.05. The number of fused-ring (bicyclic) bond motifs is 5. The molecule has 0 bridgehead atoms. The van der Waals surface area contributed by atoms with Gasteiger partial charge in [0, 0.05) is 0 Å². The van der Waals surface area contributed by atoms with E-state index in [1.54, 1.807) is 0 Å². The molecular weight excluding hydrogens is 751 g/mol. The summed E-state index contributed by atoms with van der Waals surface area (Å²) < 4.78 is 1.42. The Morgan fingerprint density at radius 2 is 1.15 bits per heavy atom. The number of hydrogen-bond acceptors (Lipinski definition) is 0. The minimum absolute atomic E-state index is 0. The molecule has 0 saturated carbocycles. The summed E-state index contributed by atoms with van der Waals surface area (Å²) in [4.78, 5) is 0. The zero-order chi connectivity index (χ0) is 35.6. The van der Waals surface area contributed by atoms with Crippen LogP contribution < -0.4 is 24.8 Å². The topological polar surface area (TPSA) is 0 Å². The zero-order valence-electron chi connectivity index (χ0n) is 31.7. The van der Waals surface area contributed by atoms with Crippen LogP contribution in [0.3, 0.4) is 0 Å². The van der Waals surface area contributed by atoms with Crippen molar-refractivity contribution in [1.82, 2.24) is 0 Å². The second-order valence-electron chi connectivity index (χ2n) is 15.6. The quantitative estimate of drug-likeness (QED) is 0.171. The number of halogens is 2. The van der Waals surface area contributed by atoms with Crippen LogP contribution in [-0.4, -0.2) is 3.21 Å². The zero-order valence-corrected chi connectivity index (χ0v) is 35.7. The predicted molar refractivity (Wildman–Crippen MR) is 213 cm³/mol. The van der Waals surface area contributed by atoms with Crippen molar-refractivity contribution < 1.29 is 49.0 Å². The molecule has 0 saturated heterocycles. The van der Waals surface area contributed by atoms with Crippen LogP contribution in [0.25, 0.3) is 32.7 Å². The predicted octanol–water partition coefficient (Wildman–Crippen LogP) is 6.69. The van der Waals surface area contributed by atoms with E-state index in [1.165, 1.54) is 105 Å². The van der Waals surface area contributed by atoms with E-state index in [9.17, 15) is 0 Å². The van der Waals surface area contributed by atoms with Gasteiger partial charge in [0.15, 0.2) is 0 Å². The first-order valence-corrected chi connectivity index (χ1v) is 19.0. The molecule has 0 unspecified atom stereocenters. The van der Waals surface area contributed by atoms with Crippen molar-refractivity contribution >= 4 is 24.8 Å². The van der Waals surface area contributed by atoms with Crippen LogP contribution in [0.15, 0.2) is 121 Å². The molecule has 6 aromatic carbocycles. The molecule has 6 aromatic rings. The fourth-order valence-electron chi connectivity index (χ4n) is 7.39. The van der Waals surface area contributed by atoms with E-state index in [0.29, 0.717) is 0 Å². The van der Waals surface area contributed by atoms with Gasteiger partial charge in [0.25, 0.3) is 0 Å². The van der Waals surface area contributed by atoms with Gasteiger partial charge < -0.3 is 24.8 Å². The molecule has 0 amide bonds. The van der Waals surface area contributed by atoms with Crippen molar-refractivity contribution in [3.05, 3.63) is 178 Å². The van der Waals surface area contributed by atoms with Crippen molar-refractivity contribution in [2.75, 3.05) is 0 Å². The van der Waals surface area contributed by atoms with Crippen LogP contribution in [0.4, 0.5) is 0 Å². The number of benzene rings is 6. The molecular formula is C49H48Cl2Zr-2. The van der Waals surface area contributed by atoms with Crippen molar-refractivity contribution in [2.45, 2.75) is 79.1 Å². The third-order valence-corrected chi connectivity index (χ3v) is 11.1. The Hall–Kier alpha value is -3.35. The molecule has 0 aliphatic heterocycles. The summed E-state index contributed by atoms with van der Waals surface area (Å²) in [6, 6.07) is 41.4. The number of aryl methyl sites for hydroxylation is 2. The van der Waals surface area contributed by atoms with E-state index in [4.69, 9.17) is 0 Å². The average Bonchev–Trinajstić information content (AvgIpc) is 3.78. The maximum absolute atomic E-state index is 3.69. The van der Waals surface area contributed by atoms with Gasteiger partial charge >= 0.3 is 145 Å². The third-order valence-electron chi connectivity index (χ3n) is 9.78. The second-order valence-corrected chi connectivity index (χ2v) is 16.9. The van der Waals surface area contributed by atoms with Gasteiger partial charge in [0.1, 0.15) is 0 Å². The summed E-state index contributed by atoms with van der Waals surface area (Å²) in [6.45, 7) is 18.2. The summed E-state index contributed by atoms with van der Waals surface area (Å²) in [5, 5.41) is 5.29. The Balaban J connectivity index is 0.000000198. The van der Waals surface area contributed by atoms with Crippen LogP contribution >= 0.6 is 0 Å². The first-order valence-electron chi connectivity index (χ1n) is 17.8. The van der Waals surface area contributed by atoms with Crippen LogP contribution in [0.2, 0.25) is 0 Å². The van der Waals surface area contributed by atoms with E-state index in [1.807, 2.05) is 12.2 Å². The molecule has 52 heavy (non-hydrogen) atoms. The Morgan fingerprint density at radius 3 is 1.63 bits per heavy atom. The first kappa shape index (κ1) is 41.4. The summed E-state index contributed by atoms with van der Waals surface area (Å²) in [5.41, 5.74) is 14.3. The normalized spacial score (nSPS) is 12.5. The first-order chi connectivity index (χ1) is 23.8. The number of hydrogen-bond donors (Lipinski definition) is 0. The van der Waals surface area contributed by atoms with Crippen LogP contribution in [0.1, 0.15) is 92.5 Å². The van der Waals surface area contributed by atoms with E-state index in [0.717, 1.165) is 12.8 Å². The molecule has 2 aliphatic rings. The Kier molecular flexibility index (Phi) is 13.7. The minimum atomic E-state index is 0. The maximum atomic E-state index is 3.69. The standard InChI is InChI=1S/C23H29.C21H14.C5H5.2ClH.Zr/c1-14-9-16-11-17-10-15(2)21(23(6,7)8)13-19(17)18(16)12-20(14)22(3,4)5;1-3-13-20-16(7-1)9-5-11-18(20)15-19-12-6-10-17-8-2-4-14-21(17)19;1-2-4-5-3-1;;;/h9,12-13H,11H2,1-8H3;1-14H;1-3H,4H2;2*1H;/q-1;;-1;;;+2/p-2. The monoisotopic (exact) mass is 796 g/mol. The second kappa shape index (κ2) is 17.2. The van der Waals surface area contributed by atoms with Gasteiger partial charge in [-0.05, 0) is 35.4 Å². The molecule has 0 atom stereocenters. The SMILES string of the molecule is Cc1[c-]c2c(cc1C(C)(C)C)-c1cc(C(C)(C)C)c(C)cc1C2.[C-]1=CC=CC1.[Cl-].[Cl-].[Zr+2]=[C](c1cccc2ccccc12)c1cccc2ccccc12. The molecule has 0 nitrogen and oxygen atoms in total. The van der Waals surface area contributed by atoms with Gasteiger partial charge in [-0.15, -0.1) is 23.1 Å². The van der Waals surface area contributed by atoms with Crippen molar-refractivity contribution in [2.24, 2.45) is 0 Å². The summed E-state index contributed by atoms with van der Waals surface area (Å²) in [6.07, 6.45) is 11.0. The molecule has 0 fully saturated rings. The van der Waals surface area contributed by atoms with Crippen molar-refractivity contribution in [3.8, 4) is 11.1 Å². The summed E-state index contributed by atoms with van der Waals surface area (Å²) in [7, 11) is 0. The van der Waals surface area contributed by atoms with E-state index in [-0.39, 0.29) is 35.6 Å². The van der Waals surface area contributed by atoms with Gasteiger partial charge in [0.2, 0.25) is 0 Å². The van der Waals surface area contributed by atoms with Gasteiger partial charge in [-0.1, -0.05) is 71.6 Å². The van der Waals surface area contributed by atoms with Crippen molar-refractivity contribution in [3.63, 3.8) is 0 Å². The molecule has 264 valence electrons. The molecule has 0 radical (unpaired) electrons. The number of allylic oxidation sites excluding steroid dienone is 4. The van der Waals surface area contributed by atoms with Gasteiger partial charge in [-0.3, -0.25) is 6.08 Å². The molecule has 3 heteroatoms. The fourth-order valence-corrected chi connectivity index (χ4v) is 8.47. The van der Waals surface area contributed by atoms with Crippen LogP contribution in [0, 0.1) is 26.0 Å².